The van der Waals surface area contributed by atoms with Crippen molar-refractivity contribution in [1.29, 1.82) is 0 Å². The Kier molecular flexibility index (Phi) is 5.75. The molecule has 0 aliphatic carbocycles. The van der Waals surface area contributed by atoms with Gasteiger partial charge in [-0.25, -0.2) is 4.79 Å². The Morgan fingerprint density at radius 3 is 2.61 bits per heavy atom. The molecular formula is C22H22N2O7. The van der Waals surface area contributed by atoms with Crippen LogP contribution in [0.2, 0.25) is 0 Å². The smallest absolute Gasteiger partial charge is 0.338 e. The summed E-state index contributed by atoms with van der Waals surface area (Å²) in [6, 6.07) is 9.09. The Hall–Kier alpha value is -3.62. The van der Waals surface area contributed by atoms with E-state index in [0.717, 1.165) is 24.5 Å². The number of nitrogens with zero attached hydrogens (tertiary/aromatic N) is 2. The SMILES string of the molecule is CCOC(=O)c1cc(C(=O)N2CCC[C@@H]2c2ccc3c(c2)OCCO3)cc([N+](=O)[O-])c1. The van der Waals surface area contributed by atoms with E-state index in [1.54, 1.807) is 11.8 Å². The summed E-state index contributed by atoms with van der Waals surface area (Å²) >= 11 is 0. The molecule has 1 atom stereocenters. The lowest BCUT2D eigenvalue weighted by atomic mass is 10.0. The second-order valence-electron chi connectivity index (χ2n) is 7.31. The number of hydrogen-bond acceptors (Lipinski definition) is 7. The van der Waals surface area contributed by atoms with Crippen LogP contribution in [0.25, 0.3) is 0 Å². The minimum absolute atomic E-state index is 0.0190. The molecule has 0 N–H and O–H groups in total. The fourth-order valence-electron chi connectivity index (χ4n) is 3.96. The van der Waals surface area contributed by atoms with E-state index in [2.05, 4.69) is 0 Å². The number of amides is 1. The van der Waals surface area contributed by atoms with Gasteiger partial charge < -0.3 is 19.1 Å². The Bertz CT molecular complexity index is 1040. The van der Waals surface area contributed by atoms with Gasteiger partial charge in [0.1, 0.15) is 13.2 Å². The van der Waals surface area contributed by atoms with E-state index in [4.69, 9.17) is 14.2 Å². The van der Waals surface area contributed by atoms with E-state index >= 15 is 0 Å². The zero-order chi connectivity index (χ0) is 22.0. The fraction of sp³-hybridized carbons (Fsp3) is 0.364. The molecule has 1 amide bonds. The summed E-state index contributed by atoms with van der Waals surface area (Å²) in [5.74, 6) is 0.239. The molecule has 0 unspecified atom stereocenters. The first kappa shape index (κ1) is 20.6. The lowest BCUT2D eigenvalue weighted by Crippen LogP contribution is -2.31. The molecule has 2 heterocycles. The molecule has 0 spiro atoms. The van der Waals surface area contributed by atoms with Gasteiger partial charge in [0.05, 0.1) is 23.1 Å². The van der Waals surface area contributed by atoms with Gasteiger partial charge in [-0.05, 0) is 43.5 Å². The first-order chi connectivity index (χ1) is 15.0. The number of rotatable bonds is 5. The number of nitro groups is 1. The molecule has 2 aliphatic rings. The second-order valence-corrected chi connectivity index (χ2v) is 7.31. The molecule has 162 valence electrons. The molecule has 0 aromatic heterocycles. The third-order valence-electron chi connectivity index (χ3n) is 5.35. The summed E-state index contributed by atoms with van der Waals surface area (Å²) in [6.45, 7) is 3.24. The van der Waals surface area contributed by atoms with Crippen molar-refractivity contribution in [2.75, 3.05) is 26.4 Å². The number of fused-ring (bicyclic) bond motifs is 1. The van der Waals surface area contributed by atoms with Gasteiger partial charge in [0.15, 0.2) is 11.5 Å². The summed E-state index contributed by atoms with van der Waals surface area (Å²) in [4.78, 5) is 37.9. The van der Waals surface area contributed by atoms with Gasteiger partial charge in [0.25, 0.3) is 11.6 Å². The molecule has 0 radical (unpaired) electrons. The Labute approximate surface area is 178 Å². The van der Waals surface area contributed by atoms with Gasteiger partial charge in [-0.3, -0.25) is 14.9 Å². The van der Waals surface area contributed by atoms with E-state index < -0.39 is 10.9 Å². The number of esters is 1. The first-order valence-corrected chi connectivity index (χ1v) is 10.1. The van der Waals surface area contributed by atoms with Crippen molar-refractivity contribution in [3.8, 4) is 11.5 Å². The predicted octanol–water partition coefficient (Wildman–Crippen LogP) is 3.52. The van der Waals surface area contributed by atoms with Crippen molar-refractivity contribution >= 4 is 17.6 Å². The van der Waals surface area contributed by atoms with Gasteiger partial charge in [0.2, 0.25) is 0 Å². The highest BCUT2D eigenvalue weighted by Crippen LogP contribution is 2.39. The van der Waals surface area contributed by atoms with E-state index in [-0.39, 0.29) is 35.4 Å². The quantitative estimate of drug-likeness (QED) is 0.409. The number of carbonyl (C=O) groups is 2. The highest BCUT2D eigenvalue weighted by molar-refractivity contribution is 5.99. The van der Waals surface area contributed by atoms with E-state index in [0.29, 0.717) is 31.3 Å². The lowest BCUT2D eigenvalue weighted by molar-refractivity contribution is -0.384. The summed E-state index contributed by atoms with van der Waals surface area (Å²) in [6.07, 6.45) is 1.55. The Morgan fingerprint density at radius 2 is 1.87 bits per heavy atom. The van der Waals surface area contributed by atoms with Crippen LogP contribution in [-0.2, 0) is 4.74 Å². The molecule has 2 aliphatic heterocycles. The maximum atomic E-state index is 13.3. The van der Waals surface area contributed by atoms with E-state index in [9.17, 15) is 19.7 Å². The van der Waals surface area contributed by atoms with Crippen LogP contribution in [0.5, 0.6) is 11.5 Å². The molecule has 1 fully saturated rings. The maximum Gasteiger partial charge on any atom is 0.338 e. The van der Waals surface area contributed by atoms with Crippen molar-refractivity contribution < 1.29 is 28.7 Å². The first-order valence-electron chi connectivity index (χ1n) is 10.1. The van der Waals surface area contributed by atoms with Gasteiger partial charge in [-0.1, -0.05) is 6.07 Å². The third-order valence-corrected chi connectivity index (χ3v) is 5.35. The van der Waals surface area contributed by atoms with Crippen LogP contribution in [0, 0.1) is 10.1 Å². The molecule has 1 saturated heterocycles. The number of benzene rings is 2. The van der Waals surface area contributed by atoms with E-state index in [1.807, 2.05) is 18.2 Å². The standard InChI is InChI=1S/C22H22N2O7/c1-2-29-22(26)16-10-15(11-17(12-16)24(27)28)21(25)23-7-3-4-18(23)14-5-6-19-20(13-14)31-9-8-30-19/h5-6,10-13,18H,2-4,7-9H2,1H3/t18-/m1/s1. The van der Waals surface area contributed by atoms with Crippen LogP contribution in [0.3, 0.4) is 0 Å². The molecule has 9 nitrogen and oxygen atoms in total. The highest BCUT2D eigenvalue weighted by Gasteiger charge is 2.32. The molecule has 2 aromatic rings. The average Bonchev–Trinajstić information content (AvgIpc) is 3.28. The van der Waals surface area contributed by atoms with Crippen molar-refractivity contribution in [3.63, 3.8) is 0 Å². The van der Waals surface area contributed by atoms with Crippen molar-refractivity contribution in [2.24, 2.45) is 0 Å². The van der Waals surface area contributed by atoms with Crippen LogP contribution in [-0.4, -0.2) is 48.1 Å². The molecule has 4 rings (SSSR count). The number of non-ortho nitro benzene ring substituents is 1. The van der Waals surface area contributed by atoms with Crippen molar-refractivity contribution in [1.82, 2.24) is 4.90 Å². The van der Waals surface area contributed by atoms with Gasteiger partial charge in [0, 0.05) is 24.2 Å². The number of ether oxygens (including phenoxy) is 3. The molecule has 9 heteroatoms. The average molecular weight is 426 g/mol. The summed E-state index contributed by atoms with van der Waals surface area (Å²) in [5.41, 5.74) is 0.645. The van der Waals surface area contributed by atoms with Crippen LogP contribution >= 0.6 is 0 Å². The number of likely N-dealkylation sites (tertiary alicyclic amines) is 1. The zero-order valence-electron chi connectivity index (χ0n) is 17.0. The molecule has 0 saturated carbocycles. The molecule has 0 bridgehead atoms. The normalized spacial score (nSPS) is 17.3. The van der Waals surface area contributed by atoms with E-state index in [1.165, 1.54) is 12.1 Å². The second kappa shape index (κ2) is 8.63. The maximum absolute atomic E-state index is 13.3. The van der Waals surface area contributed by atoms with Crippen LogP contribution in [0.4, 0.5) is 5.69 Å². The Morgan fingerprint density at radius 1 is 1.13 bits per heavy atom. The van der Waals surface area contributed by atoms with Gasteiger partial charge in [-0.2, -0.15) is 0 Å². The monoisotopic (exact) mass is 426 g/mol. The summed E-state index contributed by atoms with van der Waals surface area (Å²) < 4.78 is 16.2. The Balaban J connectivity index is 1.65. The van der Waals surface area contributed by atoms with Crippen LogP contribution in [0.15, 0.2) is 36.4 Å². The topological polar surface area (TPSA) is 108 Å². The lowest BCUT2D eigenvalue weighted by Gasteiger charge is -2.27. The van der Waals surface area contributed by atoms with Crippen LogP contribution in [0.1, 0.15) is 52.1 Å². The molecular weight excluding hydrogens is 404 g/mol. The largest absolute Gasteiger partial charge is 0.486 e. The number of hydrogen-bond donors (Lipinski definition) is 0. The number of nitro benzene ring substituents is 1. The minimum Gasteiger partial charge on any atom is -0.486 e. The molecule has 2 aromatic carbocycles. The highest BCUT2D eigenvalue weighted by atomic mass is 16.6. The predicted molar refractivity (Wildman–Crippen MR) is 109 cm³/mol. The van der Waals surface area contributed by atoms with Crippen molar-refractivity contribution in [2.45, 2.75) is 25.8 Å². The fourth-order valence-corrected chi connectivity index (χ4v) is 3.96. The van der Waals surface area contributed by atoms with Gasteiger partial charge in [-0.15, -0.1) is 0 Å². The number of carbonyl (C=O) groups excluding carboxylic acids is 2. The zero-order valence-corrected chi connectivity index (χ0v) is 17.0. The van der Waals surface area contributed by atoms with Crippen molar-refractivity contribution in [3.05, 3.63) is 63.2 Å². The summed E-state index contributed by atoms with van der Waals surface area (Å²) in [7, 11) is 0. The van der Waals surface area contributed by atoms with Gasteiger partial charge >= 0.3 is 5.97 Å². The minimum atomic E-state index is -0.704. The van der Waals surface area contributed by atoms with Crippen LogP contribution < -0.4 is 9.47 Å². The molecule has 31 heavy (non-hydrogen) atoms. The summed E-state index contributed by atoms with van der Waals surface area (Å²) in [5, 5.41) is 11.4. The third kappa shape index (κ3) is 4.16.